The first-order chi connectivity index (χ1) is 19.0. The summed E-state index contributed by atoms with van der Waals surface area (Å²) in [6.07, 6.45) is 4.30. The van der Waals surface area contributed by atoms with Gasteiger partial charge in [-0.25, -0.2) is 13.6 Å². The number of nitrogens with zero attached hydrogens (tertiary/aromatic N) is 5. The molecule has 0 radical (unpaired) electrons. The first-order valence-electron chi connectivity index (χ1n) is 14.5. The number of alkyl halides is 1. The zero-order chi connectivity index (χ0) is 28.0. The van der Waals surface area contributed by atoms with E-state index in [1.54, 1.807) is 6.07 Å². The molecule has 2 aromatic rings. The van der Waals surface area contributed by atoms with Gasteiger partial charge in [-0.1, -0.05) is 11.6 Å². The second-order valence-corrected chi connectivity index (χ2v) is 13.6. The number of anilines is 1. The molecule has 216 valence electrons. The van der Waals surface area contributed by atoms with E-state index in [1.165, 1.54) is 0 Å². The fourth-order valence-corrected chi connectivity index (χ4v) is 8.16. The fourth-order valence-electron chi connectivity index (χ4n) is 7.94. The summed E-state index contributed by atoms with van der Waals surface area (Å²) in [5.74, 6) is 0.0393. The quantitative estimate of drug-likeness (QED) is 0.493. The number of carbonyl (C=O) groups excluding carboxylic acids is 1. The Kier molecular flexibility index (Phi) is 6.13. The topological polar surface area (TPSA) is 71.0 Å². The highest BCUT2D eigenvalue weighted by Gasteiger charge is 2.52. The van der Waals surface area contributed by atoms with E-state index in [9.17, 15) is 9.18 Å². The standard InChI is InChI=1S/C29H36ClF2N5O3/c1-28(2,3)40-27(38)37-18-6-8-21(37)20-7-5-16-11-19(30)23(32)24-22(16)25(36(20)14-18)34-26(33-24)39-15-29-9-4-10-35(29)13-17(31)12-29/h11,17-18,20-21H,4-10,12-15H2,1-3H3/t17-,18-,20-,21+,29+/m1/s1. The summed E-state index contributed by atoms with van der Waals surface area (Å²) in [5.41, 5.74) is 0.0990. The van der Waals surface area contributed by atoms with Gasteiger partial charge in [0.2, 0.25) is 0 Å². The molecule has 7 rings (SSSR count). The molecule has 5 aliphatic heterocycles. The van der Waals surface area contributed by atoms with Gasteiger partial charge in [-0.3, -0.25) is 9.80 Å². The van der Waals surface area contributed by atoms with Gasteiger partial charge in [-0.15, -0.1) is 0 Å². The number of fused-ring (bicyclic) bond motifs is 6. The van der Waals surface area contributed by atoms with Crippen LogP contribution in [0.3, 0.4) is 0 Å². The van der Waals surface area contributed by atoms with Crippen molar-refractivity contribution in [3.05, 3.63) is 22.5 Å². The molecule has 0 aliphatic carbocycles. The van der Waals surface area contributed by atoms with Crippen LogP contribution in [-0.2, 0) is 11.2 Å². The van der Waals surface area contributed by atoms with Crippen LogP contribution in [0.15, 0.2) is 6.07 Å². The van der Waals surface area contributed by atoms with Gasteiger partial charge in [0, 0.05) is 24.9 Å². The maximum absolute atomic E-state index is 15.5. The van der Waals surface area contributed by atoms with Crippen LogP contribution in [0, 0.1) is 5.82 Å². The van der Waals surface area contributed by atoms with Gasteiger partial charge in [0.1, 0.15) is 29.7 Å². The molecule has 0 unspecified atom stereocenters. The smallest absolute Gasteiger partial charge is 0.410 e. The number of carbonyl (C=O) groups is 1. The van der Waals surface area contributed by atoms with Gasteiger partial charge in [0.25, 0.3) is 0 Å². The van der Waals surface area contributed by atoms with Crippen LogP contribution >= 0.6 is 11.6 Å². The summed E-state index contributed by atoms with van der Waals surface area (Å²) >= 11 is 6.36. The van der Waals surface area contributed by atoms with E-state index in [-0.39, 0.29) is 52.9 Å². The molecule has 4 fully saturated rings. The van der Waals surface area contributed by atoms with Crippen molar-refractivity contribution in [2.45, 2.75) is 101 Å². The number of benzene rings is 1. The lowest BCUT2D eigenvalue weighted by Gasteiger charge is -2.47. The summed E-state index contributed by atoms with van der Waals surface area (Å²) in [5, 5.41) is 0.679. The number of hydrogen-bond donors (Lipinski definition) is 0. The maximum Gasteiger partial charge on any atom is 0.410 e. The first kappa shape index (κ1) is 26.4. The largest absolute Gasteiger partial charge is 0.461 e. The minimum absolute atomic E-state index is 0.0162. The average molecular weight is 576 g/mol. The van der Waals surface area contributed by atoms with Crippen molar-refractivity contribution >= 4 is 34.4 Å². The van der Waals surface area contributed by atoms with Gasteiger partial charge in [-0.2, -0.15) is 9.97 Å². The van der Waals surface area contributed by atoms with Gasteiger partial charge in [0.15, 0.2) is 5.82 Å². The maximum atomic E-state index is 15.5. The van der Waals surface area contributed by atoms with Crippen molar-refractivity contribution in [3.8, 4) is 6.01 Å². The average Bonchev–Trinajstić information content (AvgIpc) is 3.48. The highest BCUT2D eigenvalue weighted by atomic mass is 35.5. The molecule has 1 aromatic heterocycles. The van der Waals surface area contributed by atoms with E-state index in [0.717, 1.165) is 44.2 Å². The lowest BCUT2D eigenvalue weighted by atomic mass is 9.95. The second-order valence-electron chi connectivity index (χ2n) is 13.2. The third-order valence-electron chi connectivity index (χ3n) is 9.52. The summed E-state index contributed by atoms with van der Waals surface area (Å²) in [6, 6.07) is 1.68. The lowest BCUT2D eigenvalue weighted by Crippen LogP contribution is -2.62. The van der Waals surface area contributed by atoms with Crippen LogP contribution in [0.1, 0.15) is 64.9 Å². The summed E-state index contributed by atoms with van der Waals surface area (Å²) in [6.45, 7) is 7.75. The van der Waals surface area contributed by atoms with E-state index < -0.39 is 17.6 Å². The number of ether oxygens (including phenoxy) is 2. The van der Waals surface area contributed by atoms with E-state index in [2.05, 4.69) is 14.8 Å². The van der Waals surface area contributed by atoms with Crippen molar-refractivity contribution in [2.75, 3.05) is 31.1 Å². The van der Waals surface area contributed by atoms with Gasteiger partial charge in [0.05, 0.1) is 28.7 Å². The Morgan fingerprint density at radius 1 is 1.20 bits per heavy atom. The molecule has 2 bridgehead atoms. The highest BCUT2D eigenvalue weighted by Crippen LogP contribution is 2.45. The van der Waals surface area contributed by atoms with Crippen molar-refractivity contribution in [2.24, 2.45) is 0 Å². The van der Waals surface area contributed by atoms with E-state index in [1.807, 2.05) is 25.7 Å². The van der Waals surface area contributed by atoms with E-state index in [4.69, 9.17) is 26.1 Å². The zero-order valence-corrected chi connectivity index (χ0v) is 24.0. The minimum Gasteiger partial charge on any atom is -0.461 e. The van der Waals surface area contributed by atoms with Crippen molar-refractivity contribution in [1.82, 2.24) is 19.8 Å². The molecule has 6 heterocycles. The van der Waals surface area contributed by atoms with Crippen LogP contribution in [0.2, 0.25) is 5.02 Å². The van der Waals surface area contributed by atoms with Crippen molar-refractivity contribution in [1.29, 1.82) is 0 Å². The Labute approximate surface area is 237 Å². The Bertz CT molecular complexity index is 1370. The Balaban J connectivity index is 1.26. The van der Waals surface area contributed by atoms with Gasteiger partial charge >= 0.3 is 12.1 Å². The normalized spacial score (nSPS) is 31.4. The molecule has 5 atom stereocenters. The SMILES string of the molecule is CC(C)(C)OC(=O)N1[C@@H]2CC[C@H]1[C@H]1CCc3cc(Cl)c(F)c4nc(OC[C@@]56CCCN5C[C@H](F)C6)nc(c34)N1C2. The summed E-state index contributed by atoms with van der Waals surface area (Å²) in [7, 11) is 0. The monoisotopic (exact) mass is 575 g/mol. The number of aryl methyl sites for hydroxylation is 1. The first-order valence-corrected chi connectivity index (χ1v) is 14.9. The number of halogens is 3. The van der Waals surface area contributed by atoms with Crippen LogP contribution < -0.4 is 9.64 Å². The number of piperazine rings is 1. The molecule has 1 amide bonds. The Morgan fingerprint density at radius 3 is 2.83 bits per heavy atom. The fraction of sp³-hybridized carbons (Fsp3) is 0.690. The van der Waals surface area contributed by atoms with Crippen LogP contribution in [0.4, 0.5) is 19.4 Å². The molecule has 11 heteroatoms. The molecule has 40 heavy (non-hydrogen) atoms. The predicted octanol–water partition coefficient (Wildman–Crippen LogP) is 5.28. The highest BCUT2D eigenvalue weighted by molar-refractivity contribution is 6.31. The third kappa shape index (κ3) is 4.19. The van der Waals surface area contributed by atoms with Crippen LogP contribution in [-0.4, -0.2) is 87.5 Å². The molecule has 4 saturated heterocycles. The van der Waals surface area contributed by atoms with E-state index in [0.29, 0.717) is 37.1 Å². The molecule has 5 aliphatic rings. The lowest BCUT2D eigenvalue weighted by molar-refractivity contribution is 0.00721. The number of hydrogen-bond acceptors (Lipinski definition) is 7. The number of aromatic nitrogens is 2. The van der Waals surface area contributed by atoms with Gasteiger partial charge in [-0.05, 0) is 77.5 Å². The van der Waals surface area contributed by atoms with Crippen LogP contribution in [0.5, 0.6) is 6.01 Å². The minimum atomic E-state index is -0.873. The molecule has 1 aromatic carbocycles. The molecule has 0 N–H and O–H groups in total. The molecule has 0 saturated carbocycles. The second kappa shape index (κ2) is 9.28. The molecule has 0 spiro atoms. The van der Waals surface area contributed by atoms with E-state index >= 15 is 4.39 Å². The summed E-state index contributed by atoms with van der Waals surface area (Å²) < 4.78 is 41.9. The Hall–Kier alpha value is -2.46. The third-order valence-corrected chi connectivity index (χ3v) is 9.80. The van der Waals surface area contributed by atoms with Crippen molar-refractivity contribution in [3.63, 3.8) is 0 Å². The Morgan fingerprint density at radius 2 is 2.02 bits per heavy atom. The predicted molar refractivity (Wildman–Crippen MR) is 147 cm³/mol. The van der Waals surface area contributed by atoms with Crippen molar-refractivity contribution < 1.29 is 23.0 Å². The number of amides is 1. The molecular weight excluding hydrogens is 540 g/mol. The summed E-state index contributed by atoms with van der Waals surface area (Å²) in [4.78, 5) is 29.0. The molecule has 8 nitrogen and oxygen atoms in total. The van der Waals surface area contributed by atoms with Gasteiger partial charge < -0.3 is 14.4 Å². The molecular formula is C29H36ClF2N5O3. The zero-order valence-electron chi connectivity index (χ0n) is 23.3. The van der Waals surface area contributed by atoms with Crippen LogP contribution in [0.25, 0.3) is 10.9 Å². The number of rotatable bonds is 3.